The van der Waals surface area contributed by atoms with Gasteiger partial charge in [-0.3, -0.25) is 9.59 Å². The molecule has 184 valence electrons. The molecule has 0 unspecified atom stereocenters. The van der Waals surface area contributed by atoms with Gasteiger partial charge in [0.15, 0.2) is 5.78 Å². The maximum atomic E-state index is 13.0. The molecule has 1 heterocycles. The number of carbonyl (C=O) groups is 2. The highest BCUT2D eigenvalue weighted by Gasteiger charge is 2.22. The zero-order valence-corrected chi connectivity index (χ0v) is 22.3. The highest BCUT2D eigenvalue weighted by Crippen LogP contribution is 2.36. The van der Waals surface area contributed by atoms with Crippen molar-refractivity contribution in [2.24, 2.45) is 0 Å². The fourth-order valence-electron chi connectivity index (χ4n) is 3.59. The van der Waals surface area contributed by atoms with Gasteiger partial charge in [0.1, 0.15) is 11.1 Å². The Balaban J connectivity index is 1.69. The number of anilines is 1. The number of thioether (sulfide) groups is 1. The van der Waals surface area contributed by atoms with Gasteiger partial charge in [0.2, 0.25) is 5.91 Å². The zero-order chi connectivity index (χ0) is 26.5. The smallest absolute Gasteiger partial charge is 0.237 e. The molecule has 0 aliphatic heterocycles. The van der Waals surface area contributed by atoms with Crippen LogP contribution in [0.2, 0.25) is 10.0 Å². The molecule has 4 aromatic rings. The third-order valence-electron chi connectivity index (χ3n) is 5.61. The van der Waals surface area contributed by atoms with Gasteiger partial charge in [0.05, 0.1) is 16.5 Å². The quantitative estimate of drug-likeness (QED) is 0.188. The van der Waals surface area contributed by atoms with Crippen LogP contribution in [0.25, 0.3) is 22.4 Å². The number of amides is 1. The highest BCUT2D eigenvalue weighted by molar-refractivity contribution is 8.00. The van der Waals surface area contributed by atoms with Crippen molar-refractivity contribution in [2.45, 2.75) is 24.1 Å². The largest absolute Gasteiger partial charge is 0.325 e. The lowest BCUT2D eigenvalue weighted by atomic mass is 9.99. The van der Waals surface area contributed by atoms with Crippen molar-refractivity contribution in [3.8, 4) is 28.5 Å². The molecule has 0 aliphatic rings. The molecule has 4 rings (SSSR count). The summed E-state index contributed by atoms with van der Waals surface area (Å²) in [6.07, 6.45) is 0. The number of nitriles is 1. The fraction of sp³-hybridized carbons (Fsp3) is 0.103. The fourth-order valence-corrected chi connectivity index (χ4v) is 4.77. The van der Waals surface area contributed by atoms with Crippen LogP contribution in [0.15, 0.2) is 83.9 Å². The average molecular weight is 546 g/mol. The Labute approximate surface area is 229 Å². The van der Waals surface area contributed by atoms with Crippen molar-refractivity contribution in [2.75, 3.05) is 5.32 Å². The number of nitrogens with one attached hydrogen (secondary N) is 1. The maximum Gasteiger partial charge on any atom is 0.237 e. The van der Waals surface area contributed by atoms with Gasteiger partial charge in [-0.15, -0.1) is 0 Å². The van der Waals surface area contributed by atoms with E-state index in [-0.39, 0.29) is 11.7 Å². The summed E-state index contributed by atoms with van der Waals surface area (Å²) < 4.78 is 0. The first-order chi connectivity index (χ1) is 17.7. The summed E-state index contributed by atoms with van der Waals surface area (Å²) in [5.41, 5.74) is 4.49. The lowest BCUT2D eigenvalue weighted by molar-refractivity contribution is -0.115. The van der Waals surface area contributed by atoms with E-state index in [1.165, 1.54) is 18.7 Å². The molecule has 1 amide bonds. The van der Waals surface area contributed by atoms with Crippen molar-refractivity contribution in [1.82, 2.24) is 4.98 Å². The van der Waals surface area contributed by atoms with Gasteiger partial charge in [-0.25, -0.2) is 4.98 Å². The molecule has 37 heavy (non-hydrogen) atoms. The predicted octanol–water partition coefficient (Wildman–Crippen LogP) is 7.92. The van der Waals surface area contributed by atoms with Crippen molar-refractivity contribution in [1.29, 1.82) is 5.26 Å². The van der Waals surface area contributed by atoms with Crippen molar-refractivity contribution < 1.29 is 9.59 Å². The molecule has 0 saturated heterocycles. The molecular formula is C29H21Cl2N3O2S. The van der Waals surface area contributed by atoms with Crippen LogP contribution in [0.5, 0.6) is 0 Å². The molecule has 8 heteroatoms. The number of hydrogen-bond acceptors (Lipinski definition) is 5. The van der Waals surface area contributed by atoms with E-state index in [9.17, 15) is 14.9 Å². The number of rotatable bonds is 7. The van der Waals surface area contributed by atoms with Gasteiger partial charge in [-0.2, -0.15) is 5.26 Å². The second kappa shape index (κ2) is 11.6. The molecule has 0 spiro atoms. The molecule has 0 aliphatic carbocycles. The first-order valence-electron chi connectivity index (χ1n) is 11.3. The van der Waals surface area contributed by atoms with E-state index in [1.807, 2.05) is 30.3 Å². The molecule has 3 aromatic carbocycles. The van der Waals surface area contributed by atoms with Crippen LogP contribution in [-0.4, -0.2) is 21.9 Å². The molecule has 1 aromatic heterocycles. The molecule has 0 fully saturated rings. The monoisotopic (exact) mass is 545 g/mol. The third-order valence-corrected chi connectivity index (χ3v) is 7.20. The Kier molecular flexibility index (Phi) is 8.30. The summed E-state index contributed by atoms with van der Waals surface area (Å²) in [6.45, 7) is 3.24. The molecular weight excluding hydrogens is 525 g/mol. The third kappa shape index (κ3) is 6.39. The predicted molar refractivity (Wildman–Crippen MR) is 150 cm³/mol. The molecule has 1 atom stereocenters. The highest BCUT2D eigenvalue weighted by atomic mass is 35.5. The zero-order valence-electron chi connectivity index (χ0n) is 20.0. The number of carbonyl (C=O) groups excluding carboxylic acids is 2. The van der Waals surface area contributed by atoms with Crippen LogP contribution < -0.4 is 5.32 Å². The second-order valence-corrected chi connectivity index (χ2v) is 10.4. The lowest BCUT2D eigenvalue weighted by Gasteiger charge is -2.16. The number of aromatic nitrogens is 1. The number of ketones is 1. The van der Waals surface area contributed by atoms with Crippen LogP contribution >= 0.6 is 35.0 Å². The Morgan fingerprint density at radius 3 is 2.03 bits per heavy atom. The van der Waals surface area contributed by atoms with Crippen molar-refractivity contribution in [3.63, 3.8) is 0 Å². The van der Waals surface area contributed by atoms with Gasteiger partial charge < -0.3 is 5.32 Å². The van der Waals surface area contributed by atoms with Gasteiger partial charge in [0.25, 0.3) is 0 Å². The summed E-state index contributed by atoms with van der Waals surface area (Å²) in [7, 11) is 0. The topological polar surface area (TPSA) is 82.8 Å². The average Bonchev–Trinajstić information content (AvgIpc) is 2.89. The number of hydrogen-bond donors (Lipinski definition) is 1. The Morgan fingerprint density at radius 1 is 0.919 bits per heavy atom. The summed E-state index contributed by atoms with van der Waals surface area (Å²) in [5, 5.41) is 14.0. The van der Waals surface area contributed by atoms with Gasteiger partial charge in [-0.1, -0.05) is 59.2 Å². The number of Topliss-reactive ketones (excluding diaryl/α,β-unsaturated/α-hetero) is 1. The molecule has 0 saturated carbocycles. The summed E-state index contributed by atoms with van der Waals surface area (Å²) in [6, 6.07) is 25.3. The minimum Gasteiger partial charge on any atom is -0.325 e. The SMILES string of the molecule is CC(=O)c1ccc(NC(=O)[C@H](C)Sc2nc(-c3ccc(Cl)cc3)cc(-c3ccc(Cl)cc3)c2C#N)cc1. The van der Waals surface area contributed by atoms with Crippen LogP contribution in [0, 0.1) is 11.3 Å². The molecule has 0 radical (unpaired) electrons. The minimum atomic E-state index is -0.564. The summed E-state index contributed by atoms with van der Waals surface area (Å²) in [4.78, 5) is 29.2. The minimum absolute atomic E-state index is 0.0473. The normalized spacial score (nSPS) is 11.4. The first kappa shape index (κ1) is 26.4. The molecule has 1 N–H and O–H groups in total. The second-order valence-electron chi connectivity index (χ2n) is 8.24. The number of benzene rings is 3. The molecule has 5 nitrogen and oxygen atoms in total. The Morgan fingerprint density at radius 2 is 1.49 bits per heavy atom. The lowest BCUT2D eigenvalue weighted by Crippen LogP contribution is -2.22. The van der Waals surface area contributed by atoms with Gasteiger partial charge in [0, 0.05) is 32.4 Å². The van der Waals surface area contributed by atoms with E-state index < -0.39 is 5.25 Å². The van der Waals surface area contributed by atoms with Crippen LogP contribution in [-0.2, 0) is 4.79 Å². The number of halogens is 2. The van der Waals surface area contributed by atoms with Crippen molar-refractivity contribution in [3.05, 3.63) is 100 Å². The van der Waals surface area contributed by atoms with Crippen LogP contribution in [0.1, 0.15) is 29.8 Å². The van der Waals surface area contributed by atoms with Crippen molar-refractivity contribution >= 4 is 52.3 Å². The Bertz CT molecular complexity index is 1500. The van der Waals surface area contributed by atoms with Crippen LogP contribution in [0.3, 0.4) is 0 Å². The summed E-state index contributed by atoms with van der Waals surface area (Å²) in [5.74, 6) is -0.301. The van der Waals surface area contributed by atoms with Gasteiger partial charge >= 0.3 is 0 Å². The number of pyridine rings is 1. The summed E-state index contributed by atoms with van der Waals surface area (Å²) >= 11 is 13.4. The Hall–Kier alpha value is -3.63. The van der Waals surface area contributed by atoms with E-state index in [4.69, 9.17) is 28.2 Å². The molecule has 0 bridgehead atoms. The first-order valence-corrected chi connectivity index (χ1v) is 12.9. The van der Waals surface area contributed by atoms with E-state index in [0.717, 1.165) is 11.1 Å². The van der Waals surface area contributed by atoms with E-state index in [2.05, 4.69) is 11.4 Å². The van der Waals surface area contributed by atoms with E-state index in [0.29, 0.717) is 43.1 Å². The van der Waals surface area contributed by atoms with E-state index >= 15 is 0 Å². The van der Waals surface area contributed by atoms with Gasteiger partial charge in [-0.05, 0) is 74.0 Å². The maximum absolute atomic E-state index is 13.0. The standard InChI is InChI=1S/C29H21Cl2N3O2S/c1-17(35)19-7-13-24(14-8-19)33-28(36)18(2)37-29-26(16-32)25(20-3-9-22(30)10-4-20)15-27(34-29)21-5-11-23(31)12-6-21/h3-15,18H,1-2H3,(H,33,36)/t18-/m0/s1. The van der Waals surface area contributed by atoms with Crippen LogP contribution in [0.4, 0.5) is 5.69 Å². The van der Waals surface area contributed by atoms with E-state index in [1.54, 1.807) is 55.5 Å². The number of nitrogens with zero attached hydrogens (tertiary/aromatic N) is 2.